The fourth-order valence-electron chi connectivity index (χ4n) is 0.812. The molecule has 0 spiro atoms. The van der Waals surface area contributed by atoms with Crippen molar-refractivity contribution in [2.75, 3.05) is 0 Å². The Morgan fingerprint density at radius 1 is 1.18 bits per heavy atom. The van der Waals surface area contributed by atoms with E-state index in [1.54, 1.807) is 30.3 Å². The largest absolute Gasteiger partial charge is 0.238 e. The van der Waals surface area contributed by atoms with Crippen LogP contribution < -0.4 is 0 Å². The highest BCUT2D eigenvalue weighted by atomic mass is 19.1. The average Bonchev–Trinajstić information content (AvgIpc) is 2.07. The Balaban J connectivity index is 2.76. The monoisotopic (exact) mass is 154 g/mol. The first-order chi connectivity index (χ1) is 5.34. The first-order valence-electron chi connectivity index (χ1n) is 3.30. The van der Waals surface area contributed by atoms with Gasteiger partial charge in [-0.1, -0.05) is 30.3 Å². The normalized spacial score (nSPS) is 13.6. The second kappa shape index (κ2) is 3.86. The summed E-state index contributed by atoms with van der Waals surface area (Å²) in [6.07, 6.45) is -0.242. The summed E-state index contributed by atoms with van der Waals surface area (Å²) < 4.78 is 24.3. The molecule has 0 saturated carbocycles. The van der Waals surface area contributed by atoms with Gasteiger partial charge in [0.05, 0.1) is 6.33 Å². The van der Waals surface area contributed by atoms with Crippen molar-refractivity contribution in [1.82, 2.24) is 0 Å². The molecule has 1 aromatic carbocycles. The summed E-state index contributed by atoms with van der Waals surface area (Å²) in [5, 5.41) is 0. The van der Waals surface area contributed by atoms with Crippen LogP contribution in [0.5, 0.6) is 0 Å². The Kier molecular flexibility index (Phi) is 2.78. The van der Waals surface area contributed by atoms with Crippen molar-refractivity contribution in [2.45, 2.75) is 6.17 Å². The van der Waals surface area contributed by atoms with E-state index in [1.807, 2.05) is 0 Å². The number of alkyl halides is 1. The van der Waals surface area contributed by atoms with Crippen LogP contribution in [-0.2, 0) is 0 Å². The molecular weight excluding hydrogens is 146 g/mol. The minimum Gasteiger partial charge on any atom is -0.238 e. The second-order valence-electron chi connectivity index (χ2n) is 2.13. The van der Waals surface area contributed by atoms with Crippen molar-refractivity contribution in [3.63, 3.8) is 0 Å². The van der Waals surface area contributed by atoms with E-state index in [9.17, 15) is 8.78 Å². The number of rotatable bonds is 2. The zero-order valence-corrected chi connectivity index (χ0v) is 5.87. The maximum absolute atomic E-state index is 12.8. The van der Waals surface area contributed by atoms with Gasteiger partial charge >= 0.3 is 0 Å². The number of hydrogen-bond donors (Lipinski definition) is 0. The molecule has 1 unspecified atom stereocenters. The summed E-state index contributed by atoms with van der Waals surface area (Å²) in [7, 11) is 0. The zero-order valence-electron chi connectivity index (χ0n) is 5.87. The van der Waals surface area contributed by atoms with E-state index in [4.69, 9.17) is 0 Å². The van der Waals surface area contributed by atoms with Gasteiger partial charge in [-0.3, -0.25) is 0 Å². The lowest BCUT2D eigenvalue weighted by atomic mass is 10.1. The Bertz CT molecular complexity index is 229. The van der Waals surface area contributed by atoms with Gasteiger partial charge in [0.25, 0.3) is 0 Å². The van der Waals surface area contributed by atoms with Crippen molar-refractivity contribution in [1.29, 1.82) is 0 Å². The van der Waals surface area contributed by atoms with Crippen LogP contribution in [0.1, 0.15) is 11.7 Å². The Hall–Kier alpha value is -1.18. The molecule has 0 bridgehead atoms. The average molecular weight is 154 g/mol. The molecule has 0 aliphatic heterocycles. The third kappa shape index (κ3) is 2.15. The van der Waals surface area contributed by atoms with E-state index in [0.717, 1.165) is 6.08 Å². The smallest absolute Gasteiger partial charge is 0.146 e. The maximum atomic E-state index is 12.8. The van der Waals surface area contributed by atoms with Crippen LogP contribution in [0.15, 0.2) is 42.7 Å². The van der Waals surface area contributed by atoms with E-state index in [-0.39, 0.29) is 6.33 Å². The summed E-state index contributed by atoms with van der Waals surface area (Å²) in [6.45, 7) is 0. The maximum Gasteiger partial charge on any atom is 0.146 e. The van der Waals surface area contributed by atoms with E-state index < -0.39 is 6.17 Å². The molecule has 11 heavy (non-hydrogen) atoms. The first-order valence-corrected chi connectivity index (χ1v) is 3.30. The third-order valence-corrected chi connectivity index (χ3v) is 1.36. The highest BCUT2D eigenvalue weighted by Crippen LogP contribution is 2.17. The van der Waals surface area contributed by atoms with Crippen LogP contribution in [0.4, 0.5) is 8.78 Å². The van der Waals surface area contributed by atoms with Gasteiger partial charge in [0.2, 0.25) is 0 Å². The van der Waals surface area contributed by atoms with Gasteiger partial charge in [0.1, 0.15) is 6.17 Å². The van der Waals surface area contributed by atoms with Crippen molar-refractivity contribution < 1.29 is 8.78 Å². The molecule has 1 rings (SSSR count). The van der Waals surface area contributed by atoms with Gasteiger partial charge in [-0.05, 0) is 11.6 Å². The molecular formula is C9H8F2. The topological polar surface area (TPSA) is 0 Å². The van der Waals surface area contributed by atoms with E-state index >= 15 is 0 Å². The van der Waals surface area contributed by atoms with Crippen LogP contribution in [-0.4, -0.2) is 0 Å². The van der Waals surface area contributed by atoms with E-state index in [1.165, 1.54) is 0 Å². The molecule has 1 aromatic rings. The molecule has 0 saturated heterocycles. The van der Waals surface area contributed by atoms with Gasteiger partial charge < -0.3 is 0 Å². The Labute approximate surface area is 64.2 Å². The van der Waals surface area contributed by atoms with Crippen molar-refractivity contribution in [3.8, 4) is 0 Å². The third-order valence-electron chi connectivity index (χ3n) is 1.36. The quantitative estimate of drug-likeness (QED) is 0.613. The van der Waals surface area contributed by atoms with E-state index in [2.05, 4.69) is 0 Å². The van der Waals surface area contributed by atoms with Crippen LogP contribution in [0.25, 0.3) is 0 Å². The summed E-state index contributed by atoms with van der Waals surface area (Å²) >= 11 is 0. The zero-order chi connectivity index (χ0) is 8.10. The minimum absolute atomic E-state index is 0.220. The van der Waals surface area contributed by atoms with Crippen LogP contribution >= 0.6 is 0 Å². The predicted molar refractivity (Wildman–Crippen MR) is 40.5 cm³/mol. The minimum atomic E-state index is -1.33. The molecule has 0 aliphatic carbocycles. The lowest BCUT2D eigenvalue weighted by molar-refractivity contribution is 0.410. The van der Waals surface area contributed by atoms with E-state index in [0.29, 0.717) is 5.56 Å². The number of allylic oxidation sites excluding steroid dienone is 1. The van der Waals surface area contributed by atoms with Crippen molar-refractivity contribution >= 4 is 0 Å². The summed E-state index contributed by atoms with van der Waals surface area (Å²) in [4.78, 5) is 0. The molecule has 0 nitrogen and oxygen atoms in total. The fourth-order valence-corrected chi connectivity index (χ4v) is 0.812. The highest BCUT2D eigenvalue weighted by molar-refractivity contribution is 5.20. The lowest BCUT2D eigenvalue weighted by Gasteiger charge is -1.99. The molecule has 1 atom stereocenters. The Morgan fingerprint density at radius 3 is 2.36 bits per heavy atom. The van der Waals surface area contributed by atoms with Gasteiger partial charge in [-0.2, -0.15) is 0 Å². The van der Waals surface area contributed by atoms with Crippen molar-refractivity contribution in [2.24, 2.45) is 0 Å². The number of benzene rings is 1. The molecule has 0 fully saturated rings. The van der Waals surface area contributed by atoms with Gasteiger partial charge in [-0.25, -0.2) is 8.78 Å². The first kappa shape index (κ1) is 7.92. The second-order valence-corrected chi connectivity index (χ2v) is 2.13. The molecule has 0 N–H and O–H groups in total. The van der Waals surface area contributed by atoms with Crippen molar-refractivity contribution in [3.05, 3.63) is 48.3 Å². The SMILES string of the molecule is FC=CC(F)c1ccccc1. The number of halogens is 2. The van der Waals surface area contributed by atoms with Crippen LogP contribution in [0, 0.1) is 0 Å². The molecule has 2 heteroatoms. The standard InChI is InChI=1S/C9H8F2/c10-7-6-9(11)8-4-2-1-3-5-8/h1-7,9H. The van der Waals surface area contributed by atoms with Gasteiger partial charge in [0, 0.05) is 0 Å². The summed E-state index contributed by atoms with van der Waals surface area (Å²) in [5.41, 5.74) is 0.474. The summed E-state index contributed by atoms with van der Waals surface area (Å²) in [6, 6.07) is 8.45. The summed E-state index contributed by atoms with van der Waals surface area (Å²) in [5.74, 6) is 0. The van der Waals surface area contributed by atoms with Gasteiger partial charge in [0.15, 0.2) is 0 Å². The number of hydrogen-bond acceptors (Lipinski definition) is 0. The van der Waals surface area contributed by atoms with Crippen LogP contribution in [0.3, 0.4) is 0 Å². The molecule has 0 aliphatic rings. The molecule has 0 amide bonds. The van der Waals surface area contributed by atoms with Crippen LogP contribution in [0.2, 0.25) is 0 Å². The lowest BCUT2D eigenvalue weighted by Crippen LogP contribution is -1.84. The predicted octanol–water partition coefficient (Wildman–Crippen LogP) is 3.18. The van der Waals surface area contributed by atoms with Gasteiger partial charge in [-0.15, -0.1) is 0 Å². The highest BCUT2D eigenvalue weighted by Gasteiger charge is 2.02. The Morgan fingerprint density at radius 2 is 1.82 bits per heavy atom. The molecule has 0 aromatic heterocycles. The molecule has 0 radical (unpaired) electrons. The fraction of sp³-hybridized carbons (Fsp3) is 0.111. The molecule has 0 heterocycles. The molecule has 58 valence electrons.